The van der Waals surface area contributed by atoms with Crippen molar-refractivity contribution in [1.29, 1.82) is 0 Å². The van der Waals surface area contributed by atoms with Crippen molar-refractivity contribution in [2.75, 3.05) is 0 Å². The lowest BCUT2D eigenvalue weighted by molar-refractivity contribution is -0.275. The van der Waals surface area contributed by atoms with E-state index in [1.807, 2.05) is 0 Å². The van der Waals surface area contributed by atoms with Crippen LogP contribution in [0.25, 0.3) is 22.3 Å². The first-order valence-electron chi connectivity index (χ1n) is 10.8. The number of halogens is 10. The lowest BCUT2D eigenvalue weighted by Crippen LogP contribution is -2.25. The van der Waals surface area contributed by atoms with Gasteiger partial charge in [-0.05, 0) is 53.4 Å². The van der Waals surface area contributed by atoms with Gasteiger partial charge in [-0.1, -0.05) is 36.4 Å². The number of hydrogen-bond acceptors (Lipinski definition) is 2. The normalized spacial score (nSPS) is 12.0. The third-order valence-electron chi connectivity index (χ3n) is 5.51. The minimum absolute atomic E-state index is 0.0661. The Morgan fingerprint density at radius 3 is 1.72 bits per heavy atom. The van der Waals surface area contributed by atoms with E-state index in [0.717, 1.165) is 0 Å². The van der Waals surface area contributed by atoms with E-state index < -0.39 is 58.6 Å². The highest BCUT2D eigenvalue weighted by molar-refractivity contribution is 5.71. The Balaban J connectivity index is 1.59. The molecule has 0 atom stereocenters. The first kappa shape index (κ1) is 27.8. The predicted molar refractivity (Wildman–Crippen MR) is 119 cm³/mol. The zero-order valence-corrected chi connectivity index (χ0v) is 19.4. The highest BCUT2D eigenvalue weighted by Crippen LogP contribution is 2.38. The van der Waals surface area contributed by atoms with Gasteiger partial charge >= 0.3 is 12.5 Å². The van der Waals surface area contributed by atoms with Gasteiger partial charge in [0.2, 0.25) is 0 Å². The molecule has 4 rings (SSSR count). The Bertz CT molecular complexity index is 1510. The maximum atomic E-state index is 14.7. The molecule has 0 aromatic heterocycles. The summed E-state index contributed by atoms with van der Waals surface area (Å²) in [4.78, 5) is 0. The molecular weight excluding hydrogens is 546 g/mol. The summed E-state index contributed by atoms with van der Waals surface area (Å²) in [5.41, 5.74) is -1.61. The Kier molecular flexibility index (Phi) is 7.24. The van der Waals surface area contributed by atoms with Gasteiger partial charge in [-0.2, -0.15) is 8.78 Å². The molecule has 39 heavy (non-hydrogen) atoms. The molecule has 0 saturated carbocycles. The second-order valence-corrected chi connectivity index (χ2v) is 8.21. The zero-order chi connectivity index (χ0) is 28.7. The van der Waals surface area contributed by atoms with Crippen LogP contribution in [0.2, 0.25) is 0 Å². The van der Waals surface area contributed by atoms with Gasteiger partial charge in [0.1, 0.15) is 22.9 Å². The van der Waals surface area contributed by atoms with E-state index in [9.17, 15) is 43.9 Å². The Morgan fingerprint density at radius 2 is 1.15 bits per heavy atom. The van der Waals surface area contributed by atoms with Crippen LogP contribution in [0, 0.1) is 36.0 Å². The SMILES string of the molecule is Cc1ccc(-c2ccc(-c3cc(F)c(C(F)(F)Oc4ccc(OC(F)(F)F)c(F)c4)c(F)c3)cc2)c(F)c1F. The van der Waals surface area contributed by atoms with Crippen LogP contribution in [0.15, 0.2) is 66.7 Å². The molecule has 0 aliphatic heterocycles. The van der Waals surface area contributed by atoms with Gasteiger partial charge in [0.25, 0.3) is 0 Å². The molecule has 0 spiro atoms. The van der Waals surface area contributed by atoms with Crippen molar-refractivity contribution in [1.82, 2.24) is 0 Å². The number of alkyl halides is 5. The first-order chi connectivity index (χ1) is 18.2. The molecular formula is C27H14F10O2. The summed E-state index contributed by atoms with van der Waals surface area (Å²) in [5.74, 6) is -9.70. The molecule has 0 bridgehead atoms. The molecule has 0 fully saturated rings. The first-order valence-corrected chi connectivity index (χ1v) is 10.8. The van der Waals surface area contributed by atoms with Gasteiger partial charge in [-0.3, -0.25) is 0 Å². The molecule has 0 aliphatic rings. The lowest BCUT2D eigenvalue weighted by atomic mass is 9.98. The Labute approximate surface area is 214 Å². The maximum absolute atomic E-state index is 14.7. The minimum atomic E-state index is -5.25. The van der Waals surface area contributed by atoms with Crippen LogP contribution >= 0.6 is 0 Å². The third kappa shape index (κ3) is 5.94. The second kappa shape index (κ2) is 10.2. The summed E-state index contributed by atoms with van der Waals surface area (Å²) >= 11 is 0. The molecule has 2 nitrogen and oxygen atoms in total. The van der Waals surface area contributed by atoms with Crippen LogP contribution in [0.3, 0.4) is 0 Å². The van der Waals surface area contributed by atoms with Crippen LogP contribution in [-0.4, -0.2) is 6.36 Å². The lowest BCUT2D eigenvalue weighted by Gasteiger charge is -2.20. The largest absolute Gasteiger partial charge is 0.573 e. The summed E-state index contributed by atoms with van der Waals surface area (Å²) in [6.45, 7) is 1.38. The topological polar surface area (TPSA) is 18.5 Å². The van der Waals surface area contributed by atoms with Crippen LogP contribution < -0.4 is 9.47 Å². The van der Waals surface area contributed by atoms with E-state index >= 15 is 0 Å². The predicted octanol–water partition coefficient (Wildman–Crippen LogP) is 9.05. The summed E-state index contributed by atoms with van der Waals surface area (Å²) in [6.07, 6.45) is -9.96. The molecule has 0 heterocycles. The standard InChI is InChI=1S/C27H14F10O2/c1-13-2-8-18(25(32)24(13)31)15-5-3-14(4-6-15)16-10-20(29)23(21(30)11-16)26(33,34)38-17-7-9-22(19(28)12-17)39-27(35,36)37/h2-12H,1H3. The van der Waals surface area contributed by atoms with Gasteiger partial charge in [0.05, 0.1) is 0 Å². The average molecular weight is 560 g/mol. The fourth-order valence-electron chi connectivity index (χ4n) is 3.68. The molecule has 0 amide bonds. The molecule has 4 aromatic rings. The van der Waals surface area contributed by atoms with Crippen LogP contribution in [0.5, 0.6) is 11.5 Å². The van der Waals surface area contributed by atoms with Crippen LogP contribution in [0.1, 0.15) is 11.1 Å². The van der Waals surface area contributed by atoms with Gasteiger partial charge in [0, 0.05) is 11.6 Å². The maximum Gasteiger partial charge on any atom is 0.573 e. The van der Waals surface area contributed by atoms with Gasteiger partial charge in [-0.25, -0.2) is 22.0 Å². The van der Waals surface area contributed by atoms with Crippen molar-refractivity contribution in [2.24, 2.45) is 0 Å². The Hall–Kier alpha value is -4.22. The van der Waals surface area contributed by atoms with Crippen molar-refractivity contribution in [3.8, 4) is 33.8 Å². The third-order valence-corrected chi connectivity index (χ3v) is 5.51. The van der Waals surface area contributed by atoms with Gasteiger partial charge < -0.3 is 9.47 Å². The van der Waals surface area contributed by atoms with E-state index in [2.05, 4.69) is 9.47 Å². The highest BCUT2D eigenvalue weighted by atomic mass is 19.4. The van der Waals surface area contributed by atoms with Crippen molar-refractivity contribution in [3.63, 3.8) is 0 Å². The summed E-state index contributed by atoms with van der Waals surface area (Å²) in [6, 6.07) is 10.1. The van der Waals surface area contributed by atoms with E-state index in [1.165, 1.54) is 43.3 Å². The number of aryl methyl sites for hydroxylation is 1. The monoisotopic (exact) mass is 560 g/mol. The molecule has 0 aliphatic carbocycles. The second-order valence-electron chi connectivity index (χ2n) is 8.21. The van der Waals surface area contributed by atoms with Crippen molar-refractivity contribution >= 4 is 0 Å². The summed E-state index contributed by atoms with van der Waals surface area (Å²) < 4.78 is 145. The molecule has 204 valence electrons. The minimum Gasteiger partial charge on any atom is -0.429 e. The summed E-state index contributed by atoms with van der Waals surface area (Å²) in [5, 5.41) is 0. The highest BCUT2D eigenvalue weighted by Gasteiger charge is 2.41. The smallest absolute Gasteiger partial charge is 0.429 e. The zero-order valence-electron chi connectivity index (χ0n) is 19.4. The molecule has 12 heteroatoms. The fraction of sp³-hybridized carbons (Fsp3) is 0.111. The molecule has 4 aromatic carbocycles. The van der Waals surface area contributed by atoms with Gasteiger partial charge in [-0.15, -0.1) is 13.2 Å². The molecule has 0 unspecified atom stereocenters. The molecule has 0 saturated heterocycles. The van der Waals surface area contributed by atoms with Gasteiger partial charge in [0.15, 0.2) is 23.2 Å². The number of rotatable bonds is 6. The molecule has 0 radical (unpaired) electrons. The summed E-state index contributed by atoms with van der Waals surface area (Å²) in [7, 11) is 0. The fourth-order valence-corrected chi connectivity index (χ4v) is 3.68. The average Bonchev–Trinajstić information content (AvgIpc) is 2.83. The van der Waals surface area contributed by atoms with E-state index in [1.54, 1.807) is 0 Å². The van der Waals surface area contributed by atoms with E-state index in [0.29, 0.717) is 24.3 Å². The quantitative estimate of drug-likeness (QED) is 0.219. The van der Waals surface area contributed by atoms with Crippen molar-refractivity contribution < 1.29 is 53.4 Å². The van der Waals surface area contributed by atoms with Crippen molar-refractivity contribution in [3.05, 3.63) is 107 Å². The number of ether oxygens (including phenoxy) is 2. The number of benzene rings is 4. The van der Waals surface area contributed by atoms with E-state index in [4.69, 9.17) is 0 Å². The van der Waals surface area contributed by atoms with E-state index in [-0.39, 0.29) is 33.9 Å². The van der Waals surface area contributed by atoms with Crippen LogP contribution in [0.4, 0.5) is 43.9 Å². The Morgan fingerprint density at radius 1 is 0.564 bits per heavy atom. The molecule has 0 N–H and O–H groups in total. The number of hydrogen-bond donors (Lipinski definition) is 0. The van der Waals surface area contributed by atoms with Crippen LogP contribution in [-0.2, 0) is 6.11 Å². The van der Waals surface area contributed by atoms with Crippen molar-refractivity contribution in [2.45, 2.75) is 19.4 Å².